The summed E-state index contributed by atoms with van der Waals surface area (Å²) in [6.07, 6.45) is 0.260. The van der Waals surface area contributed by atoms with E-state index in [2.05, 4.69) is 10.3 Å². The van der Waals surface area contributed by atoms with Crippen molar-refractivity contribution in [2.75, 3.05) is 13.1 Å². The maximum Gasteiger partial charge on any atom is 0.241 e. The number of aryl methyl sites for hydroxylation is 1. The Morgan fingerprint density at radius 3 is 2.67 bits per heavy atom. The first-order chi connectivity index (χ1) is 8.58. The molecule has 1 aliphatic rings. The van der Waals surface area contributed by atoms with Crippen LogP contribution in [0.3, 0.4) is 0 Å². The third-order valence-corrected chi connectivity index (χ3v) is 3.39. The van der Waals surface area contributed by atoms with Crippen LogP contribution in [0.5, 0.6) is 0 Å². The van der Waals surface area contributed by atoms with E-state index in [1.54, 1.807) is 22.8 Å². The number of alkyl halides is 2. The minimum atomic E-state index is -2.27. The van der Waals surface area contributed by atoms with Gasteiger partial charge in [-0.25, -0.2) is 8.78 Å². The summed E-state index contributed by atoms with van der Waals surface area (Å²) in [7, 11) is 1.72. The fourth-order valence-electron chi connectivity index (χ4n) is 2.14. The molecular weight excluding hydrogens is 242 g/mol. The molecule has 7 heteroatoms. The van der Waals surface area contributed by atoms with Gasteiger partial charge < -0.3 is 4.90 Å². The SMILES string of the molecule is Cn1nncc1CC(=O)N1CCC(C(F)F)CC1. The molecule has 0 bridgehead atoms. The second-order valence-electron chi connectivity index (χ2n) is 4.58. The molecule has 1 amide bonds. The Morgan fingerprint density at radius 1 is 1.50 bits per heavy atom. The number of hydrogen-bond donors (Lipinski definition) is 0. The number of likely N-dealkylation sites (tertiary alicyclic amines) is 1. The van der Waals surface area contributed by atoms with Crippen LogP contribution in [0.2, 0.25) is 0 Å². The summed E-state index contributed by atoms with van der Waals surface area (Å²) in [6, 6.07) is 0. The lowest BCUT2D eigenvalue weighted by molar-refractivity contribution is -0.132. The summed E-state index contributed by atoms with van der Waals surface area (Å²) in [5.74, 6) is -0.611. The van der Waals surface area contributed by atoms with Crippen LogP contribution in [0.1, 0.15) is 18.5 Å². The standard InChI is InChI=1S/C11H16F2N4O/c1-16-9(7-14-15-16)6-10(18)17-4-2-8(3-5-17)11(12)13/h7-8,11H,2-6H2,1H3. The molecule has 100 valence electrons. The lowest BCUT2D eigenvalue weighted by Gasteiger charge is -2.31. The van der Waals surface area contributed by atoms with Crippen molar-refractivity contribution >= 4 is 5.91 Å². The van der Waals surface area contributed by atoms with Crippen LogP contribution in [-0.2, 0) is 18.3 Å². The van der Waals surface area contributed by atoms with E-state index >= 15 is 0 Å². The van der Waals surface area contributed by atoms with Crippen molar-refractivity contribution in [1.82, 2.24) is 19.9 Å². The van der Waals surface area contributed by atoms with Gasteiger partial charge in [-0.1, -0.05) is 5.21 Å². The number of carbonyl (C=O) groups is 1. The quantitative estimate of drug-likeness (QED) is 0.808. The van der Waals surface area contributed by atoms with Gasteiger partial charge in [0, 0.05) is 26.1 Å². The van der Waals surface area contributed by atoms with Crippen molar-refractivity contribution in [2.24, 2.45) is 13.0 Å². The molecule has 0 aliphatic carbocycles. The molecule has 2 heterocycles. The van der Waals surface area contributed by atoms with Crippen molar-refractivity contribution in [3.63, 3.8) is 0 Å². The second-order valence-corrected chi connectivity index (χ2v) is 4.58. The van der Waals surface area contributed by atoms with Crippen molar-refractivity contribution in [1.29, 1.82) is 0 Å². The smallest absolute Gasteiger partial charge is 0.241 e. The highest BCUT2D eigenvalue weighted by Gasteiger charge is 2.28. The fourth-order valence-corrected chi connectivity index (χ4v) is 2.14. The first-order valence-electron chi connectivity index (χ1n) is 5.97. The van der Waals surface area contributed by atoms with Crippen LogP contribution in [0.15, 0.2) is 6.20 Å². The number of nitrogens with zero attached hydrogens (tertiary/aromatic N) is 4. The molecule has 0 aromatic carbocycles. The normalized spacial score (nSPS) is 17.4. The van der Waals surface area contributed by atoms with E-state index < -0.39 is 12.3 Å². The molecule has 0 atom stereocenters. The Balaban J connectivity index is 1.86. The van der Waals surface area contributed by atoms with E-state index in [1.165, 1.54) is 0 Å². The van der Waals surface area contributed by atoms with Crippen LogP contribution < -0.4 is 0 Å². The molecule has 18 heavy (non-hydrogen) atoms. The molecule has 0 N–H and O–H groups in total. The summed E-state index contributed by atoms with van der Waals surface area (Å²) < 4.78 is 26.5. The van der Waals surface area contributed by atoms with Gasteiger partial charge in [0.25, 0.3) is 0 Å². The summed E-state index contributed by atoms with van der Waals surface area (Å²) in [5, 5.41) is 7.45. The number of rotatable bonds is 3. The third kappa shape index (κ3) is 2.83. The Morgan fingerprint density at radius 2 is 2.17 bits per heavy atom. The van der Waals surface area contributed by atoms with Crippen LogP contribution in [0.4, 0.5) is 8.78 Å². The highest BCUT2D eigenvalue weighted by molar-refractivity contribution is 5.78. The van der Waals surface area contributed by atoms with Gasteiger partial charge in [-0.2, -0.15) is 0 Å². The molecule has 1 fully saturated rings. The number of piperidine rings is 1. The summed E-state index contributed by atoms with van der Waals surface area (Å²) in [4.78, 5) is 13.6. The molecule has 0 saturated carbocycles. The molecule has 1 aromatic rings. The van der Waals surface area contributed by atoms with Gasteiger partial charge in [-0.05, 0) is 12.8 Å². The van der Waals surface area contributed by atoms with Crippen LogP contribution >= 0.6 is 0 Å². The van der Waals surface area contributed by atoms with E-state index in [-0.39, 0.29) is 12.3 Å². The molecule has 2 rings (SSSR count). The Bertz CT molecular complexity index is 413. The predicted octanol–water partition coefficient (Wildman–Crippen LogP) is 0.861. The maximum absolute atomic E-state index is 12.5. The number of aromatic nitrogens is 3. The van der Waals surface area contributed by atoms with Gasteiger partial charge in [0.1, 0.15) is 0 Å². The molecule has 0 unspecified atom stereocenters. The van der Waals surface area contributed by atoms with Gasteiger partial charge in [0.05, 0.1) is 18.3 Å². The van der Waals surface area contributed by atoms with Gasteiger partial charge in [-0.15, -0.1) is 5.10 Å². The van der Waals surface area contributed by atoms with Gasteiger partial charge in [-0.3, -0.25) is 9.48 Å². The fraction of sp³-hybridized carbons (Fsp3) is 0.727. The molecule has 5 nitrogen and oxygen atoms in total. The average molecular weight is 258 g/mol. The first-order valence-corrected chi connectivity index (χ1v) is 5.97. The largest absolute Gasteiger partial charge is 0.342 e. The molecule has 0 spiro atoms. The minimum absolute atomic E-state index is 0.0480. The van der Waals surface area contributed by atoms with Crippen molar-refractivity contribution in [3.05, 3.63) is 11.9 Å². The monoisotopic (exact) mass is 258 g/mol. The minimum Gasteiger partial charge on any atom is -0.342 e. The number of carbonyl (C=O) groups excluding carboxylic acids is 1. The van der Waals surface area contributed by atoms with Gasteiger partial charge in [0.15, 0.2) is 0 Å². The van der Waals surface area contributed by atoms with E-state index in [1.807, 2.05) is 0 Å². The van der Waals surface area contributed by atoms with Crippen molar-refractivity contribution < 1.29 is 13.6 Å². The highest BCUT2D eigenvalue weighted by atomic mass is 19.3. The lowest BCUT2D eigenvalue weighted by atomic mass is 9.97. The zero-order chi connectivity index (χ0) is 13.1. The third-order valence-electron chi connectivity index (χ3n) is 3.39. The molecule has 1 saturated heterocycles. The number of amides is 1. The van der Waals surface area contributed by atoms with Gasteiger partial charge >= 0.3 is 0 Å². The number of hydrogen-bond acceptors (Lipinski definition) is 3. The van der Waals surface area contributed by atoms with Crippen LogP contribution in [0.25, 0.3) is 0 Å². The average Bonchev–Trinajstić information content (AvgIpc) is 2.75. The maximum atomic E-state index is 12.5. The topological polar surface area (TPSA) is 51.0 Å². The Kier molecular flexibility index (Phi) is 3.88. The van der Waals surface area contributed by atoms with Crippen LogP contribution in [0, 0.1) is 5.92 Å². The molecular formula is C11H16F2N4O. The molecule has 1 aliphatic heterocycles. The second kappa shape index (κ2) is 5.41. The summed E-state index contributed by atoms with van der Waals surface area (Å²) in [6.45, 7) is 0.832. The lowest BCUT2D eigenvalue weighted by Crippen LogP contribution is -2.40. The first kappa shape index (κ1) is 12.9. The van der Waals surface area contributed by atoms with E-state index in [9.17, 15) is 13.6 Å². The highest BCUT2D eigenvalue weighted by Crippen LogP contribution is 2.23. The summed E-state index contributed by atoms with van der Waals surface area (Å²) in [5.41, 5.74) is 0.732. The van der Waals surface area contributed by atoms with Crippen LogP contribution in [-0.4, -0.2) is 45.3 Å². The predicted molar refractivity (Wildman–Crippen MR) is 60.0 cm³/mol. The van der Waals surface area contributed by atoms with E-state index in [0.29, 0.717) is 25.9 Å². The van der Waals surface area contributed by atoms with E-state index in [4.69, 9.17) is 0 Å². The van der Waals surface area contributed by atoms with Gasteiger partial charge in [0.2, 0.25) is 12.3 Å². The number of halogens is 2. The van der Waals surface area contributed by atoms with E-state index in [0.717, 1.165) is 5.69 Å². The zero-order valence-corrected chi connectivity index (χ0v) is 10.2. The molecule has 0 radical (unpaired) electrons. The zero-order valence-electron chi connectivity index (χ0n) is 10.2. The van der Waals surface area contributed by atoms with Crippen molar-refractivity contribution in [3.8, 4) is 0 Å². The Labute approximate surface area is 104 Å². The molecule has 1 aromatic heterocycles. The Hall–Kier alpha value is -1.53. The summed E-state index contributed by atoms with van der Waals surface area (Å²) >= 11 is 0. The van der Waals surface area contributed by atoms with Crippen molar-refractivity contribution in [2.45, 2.75) is 25.7 Å².